The van der Waals surface area contributed by atoms with E-state index >= 15 is 0 Å². The van der Waals surface area contributed by atoms with E-state index in [0.29, 0.717) is 17.8 Å². The fourth-order valence-corrected chi connectivity index (χ4v) is 7.70. The van der Waals surface area contributed by atoms with E-state index in [1.54, 1.807) is 0 Å². The quantitative estimate of drug-likeness (QED) is 0.754. The van der Waals surface area contributed by atoms with Crippen molar-refractivity contribution in [1.29, 1.82) is 0 Å². The Hall–Kier alpha value is -0.670. The average Bonchev–Trinajstić information content (AvgIpc) is 2.80. The van der Waals surface area contributed by atoms with Crippen LogP contribution in [0.5, 0.6) is 0 Å². The zero-order valence-corrected chi connectivity index (χ0v) is 14.3. The second-order valence-electron chi connectivity index (χ2n) is 9.74. The van der Waals surface area contributed by atoms with Gasteiger partial charge in [0.1, 0.15) is 6.29 Å². The monoisotopic (exact) mass is 316 g/mol. The molecule has 0 radical (unpaired) electrons. The SMILES string of the molecule is CC1(C)CCC[C@]23CO[C@@](O)(C[C@H]12)[C@]12C=C(C=O)[C@H](CC[C@@H]31)C2. The summed E-state index contributed by atoms with van der Waals surface area (Å²) in [6.45, 7) is 5.50. The van der Waals surface area contributed by atoms with Gasteiger partial charge in [0.2, 0.25) is 0 Å². The molecule has 2 aliphatic heterocycles. The molecule has 0 aromatic rings. The molecule has 23 heavy (non-hydrogen) atoms. The molecule has 0 aromatic carbocycles. The molecule has 2 saturated heterocycles. The molecule has 4 bridgehead atoms. The second kappa shape index (κ2) is 4.11. The van der Waals surface area contributed by atoms with Crippen LogP contribution in [0, 0.1) is 34.0 Å². The van der Waals surface area contributed by atoms with E-state index in [0.717, 1.165) is 44.1 Å². The molecule has 0 amide bonds. The van der Waals surface area contributed by atoms with Gasteiger partial charge in [-0.2, -0.15) is 0 Å². The van der Waals surface area contributed by atoms with Crippen LogP contribution in [0.2, 0.25) is 0 Å². The Balaban J connectivity index is 1.69. The Morgan fingerprint density at radius 2 is 2.04 bits per heavy atom. The lowest BCUT2D eigenvalue weighted by Crippen LogP contribution is -2.73. The normalized spacial score (nSPS) is 55.8. The van der Waals surface area contributed by atoms with Crippen LogP contribution >= 0.6 is 0 Å². The summed E-state index contributed by atoms with van der Waals surface area (Å²) in [7, 11) is 0. The number of fused-ring (bicyclic) bond motifs is 2. The molecule has 2 spiro atoms. The lowest BCUT2D eigenvalue weighted by Gasteiger charge is -2.72. The maximum Gasteiger partial charge on any atom is 0.175 e. The summed E-state index contributed by atoms with van der Waals surface area (Å²) in [6.07, 6.45) is 10.9. The number of rotatable bonds is 1. The van der Waals surface area contributed by atoms with Crippen molar-refractivity contribution in [2.24, 2.45) is 34.0 Å². The van der Waals surface area contributed by atoms with Crippen LogP contribution in [0.15, 0.2) is 11.6 Å². The van der Waals surface area contributed by atoms with Gasteiger partial charge in [-0.25, -0.2) is 0 Å². The summed E-state index contributed by atoms with van der Waals surface area (Å²) in [5.74, 6) is 0.327. The predicted octanol–water partition coefficient (Wildman–Crippen LogP) is 3.46. The summed E-state index contributed by atoms with van der Waals surface area (Å²) in [4.78, 5) is 11.5. The van der Waals surface area contributed by atoms with Crippen LogP contribution in [-0.4, -0.2) is 23.8 Å². The van der Waals surface area contributed by atoms with E-state index in [4.69, 9.17) is 4.74 Å². The van der Waals surface area contributed by atoms with E-state index in [-0.39, 0.29) is 16.2 Å². The van der Waals surface area contributed by atoms with E-state index in [2.05, 4.69) is 19.9 Å². The first kappa shape index (κ1) is 14.7. The first-order chi connectivity index (χ1) is 10.9. The Kier molecular flexibility index (Phi) is 2.62. The molecular weight excluding hydrogens is 288 g/mol. The van der Waals surface area contributed by atoms with Gasteiger partial charge >= 0.3 is 0 Å². The Labute approximate surface area is 138 Å². The van der Waals surface area contributed by atoms with Crippen molar-refractivity contribution >= 4 is 6.29 Å². The second-order valence-corrected chi connectivity index (χ2v) is 9.74. The van der Waals surface area contributed by atoms with Gasteiger partial charge < -0.3 is 9.84 Å². The van der Waals surface area contributed by atoms with E-state index < -0.39 is 5.79 Å². The van der Waals surface area contributed by atoms with Crippen LogP contribution < -0.4 is 0 Å². The maximum atomic E-state index is 11.6. The third kappa shape index (κ3) is 1.48. The molecule has 126 valence electrons. The minimum Gasteiger partial charge on any atom is -0.365 e. The summed E-state index contributed by atoms with van der Waals surface area (Å²) in [5, 5.41) is 11.6. The molecule has 1 N–H and O–H groups in total. The number of hydrogen-bond acceptors (Lipinski definition) is 3. The van der Waals surface area contributed by atoms with Crippen molar-refractivity contribution in [3.05, 3.63) is 11.6 Å². The van der Waals surface area contributed by atoms with Gasteiger partial charge in [0.15, 0.2) is 5.79 Å². The van der Waals surface area contributed by atoms with Gasteiger partial charge in [-0.1, -0.05) is 26.3 Å². The number of allylic oxidation sites excluding steroid dienone is 1. The molecule has 3 saturated carbocycles. The van der Waals surface area contributed by atoms with E-state index in [1.165, 1.54) is 19.3 Å². The fraction of sp³-hybridized carbons (Fsp3) is 0.850. The van der Waals surface area contributed by atoms with Crippen molar-refractivity contribution < 1.29 is 14.6 Å². The van der Waals surface area contributed by atoms with Crippen molar-refractivity contribution in [2.45, 2.75) is 64.6 Å². The largest absolute Gasteiger partial charge is 0.365 e. The van der Waals surface area contributed by atoms with Crippen molar-refractivity contribution in [2.75, 3.05) is 6.61 Å². The average molecular weight is 316 g/mol. The summed E-state index contributed by atoms with van der Waals surface area (Å²) in [6, 6.07) is 0. The summed E-state index contributed by atoms with van der Waals surface area (Å²) in [5.41, 5.74) is 1.13. The summed E-state index contributed by atoms with van der Waals surface area (Å²) < 4.78 is 6.20. The van der Waals surface area contributed by atoms with Crippen LogP contribution in [0.3, 0.4) is 0 Å². The molecule has 3 heteroatoms. The first-order valence-corrected chi connectivity index (χ1v) is 9.41. The molecule has 5 fully saturated rings. The lowest BCUT2D eigenvalue weighted by atomic mass is 9.38. The van der Waals surface area contributed by atoms with Gasteiger partial charge in [0.05, 0.1) is 6.61 Å². The molecule has 0 aromatic heterocycles. The Morgan fingerprint density at radius 3 is 2.83 bits per heavy atom. The molecule has 3 nitrogen and oxygen atoms in total. The van der Waals surface area contributed by atoms with Crippen LogP contribution in [0.4, 0.5) is 0 Å². The highest BCUT2D eigenvalue weighted by atomic mass is 16.6. The first-order valence-electron chi connectivity index (χ1n) is 9.41. The Morgan fingerprint density at radius 1 is 1.22 bits per heavy atom. The third-order valence-electron chi connectivity index (χ3n) is 8.62. The van der Waals surface area contributed by atoms with E-state index in [9.17, 15) is 9.90 Å². The molecule has 0 unspecified atom stereocenters. The minimum atomic E-state index is -1.05. The van der Waals surface area contributed by atoms with Crippen molar-refractivity contribution in [3.63, 3.8) is 0 Å². The van der Waals surface area contributed by atoms with Crippen LogP contribution in [0.1, 0.15) is 58.8 Å². The van der Waals surface area contributed by atoms with Gasteiger partial charge in [-0.3, -0.25) is 4.79 Å². The standard InChI is InChI=1S/C20H28O3/c1-17(2)6-3-7-18-12-23-20(22,10-16(17)18)19-8-13(4-5-15(18)19)14(9-19)11-21/h9,11,13,15-16,22H,3-8,10,12H2,1-2H3/t13-,15+,16-,18-,19-,20+/m1/s1. The van der Waals surface area contributed by atoms with Gasteiger partial charge in [0, 0.05) is 17.3 Å². The maximum absolute atomic E-state index is 11.6. The fourth-order valence-electron chi connectivity index (χ4n) is 7.70. The molecule has 4 aliphatic carbocycles. The molecule has 6 rings (SSSR count). The minimum absolute atomic E-state index is 0.214. The Bertz CT molecular complexity index is 608. The van der Waals surface area contributed by atoms with Gasteiger partial charge in [0.25, 0.3) is 0 Å². The number of carbonyl (C=O) groups excluding carboxylic acids is 1. The zero-order chi connectivity index (χ0) is 16.1. The lowest BCUT2D eigenvalue weighted by molar-refractivity contribution is -0.403. The molecule has 6 atom stereocenters. The number of carbonyl (C=O) groups is 1. The smallest absolute Gasteiger partial charge is 0.175 e. The number of aldehydes is 1. The number of hydrogen-bond donors (Lipinski definition) is 1. The highest BCUT2D eigenvalue weighted by molar-refractivity contribution is 5.76. The van der Waals surface area contributed by atoms with Gasteiger partial charge in [-0.05, 0) is 60.8 Å². The third-order valence-corrected chi connectivity index (χ3v) is 8.62. The molecular formula is C20H28O3. The van der Waals surface area contributed by atoms with Crippen LogP contribution in [0.25, 0.3) is 0 Å². The highest BCUT2D eigenvalue weighted by Crippen LogP contribution is 2.76. The van der Waals surface area contributed by atoms with Crippen molar-refractivity contribution in [1.82, 2.24) is 0 Å². The van der Waals surface area contributed by atoms with Crippen LogP contribution in [-0.2, 0) is 9.53 Å². The van der Waals surface area contributed by atoms with Crippen molar-refractivity contribution in [3.8, 4) is 0 Å². The molecule has 2 heterocycles. The number of ether oxygens (including phenoxy) is 1. The number of aliphatic hydroxyl groups is 1. The van der Waals surface area contributed by atoms with E-state index in [1.807, 2.05) is 0 Å². The predicted molar refractivity (Wildman–Crippen MR) is 86.5 cm³/mol. The zero-order valence-electron chi connectivity index (χ0n) is 14.3. The summed E-state index contributed by atoms with van der Waals surface area (Å²) >= 11 is 0. The highest BCUT2D eigenvalue weighted by Gasteiger charge is 2.75. The topological polar surface area (TPSA) is 46.5 Å². The van der Waals surface area contributed by atoms with Gasteiger partial charge in [-0.15, -0.1) is 0 Å². The molecule has 6 aliphatic rings.